The Morgan fingerprint density at radius 3 is 2.42 bits per heavy atom. The molecule has 0 unspecified atom stereocenters. The first kappa shape index (κ1) is 20.6. The summed E-state index contributed by atoms with van der Waals surface area (Å²) in [4.78, 5) is 17.1. The summed E-state index contributed by atoms with van der Waals surface area (Å²) < 4.78 is 5.15. The van der Waals surface area contributed by atoms with Crippen LogP contribution in [-0.2, 0) is 16.6 Å². The fraction of sp³-hybridized carbons (Fsp3) is 0.240. The first-order chi connectivity index (χ1) is 14.8. The predicted octanol–water partition coefficient (Wildman–Crippen LogP) is 5.11. The zero-order valence-electron chi connectivity index (χ0n) is 18.2. The van der Waals surface area contributed by atoms with E-state index < -0.39 is 0 Å². The van der Waals surface area contributed by atoms with E-state index in [0.717, 1.165) is 44.9 Å². The van der Waals surface area contributed by atoms with Crippen molar-refractivity contribution in [2.45, 2.75) is 32.6 Å². The van der Waals surface area contributed by atoms with Crippen molar-refractivity contribution in [2.75, 3.05) is 12.4 Å². The highest BCUT2D eigenvalue weighted by Gasteiger charge is 2.19. The smallest absolute Gasteiger partial charge is 0.228 e. The topological polar surface area (TPSA) is 79.9 Å². The van der Waals surface area contributed by atoms with E-state index in [9.17, 15) is 4.79 Å². The van der Waals surface area contributed by atoms with Crippen molar-refractivity contribution in [3.63, 3.8) is 0 Å². The monoisotopic (exact) mass is 414 g/mol. The molecule has 0 fully saturated rings. The quantitative estimate of drug-likeness (QED) is 0.475. The molecule has 4 aromatic rings. The lowest BCUT2D eigenvalue weighted by Gasteiger charge is -2.19. The normalized spacial score (nSPS) is 11.5. The highest BCUT2D eigenvalue weighted by atomic mass is 16.5. The molecule has 4 rings (SSSR count). The number of aromatic amines is 1. The molecule has 2 heterocycles. The Labute approximate surface area is 181 Å². The van der Waals surface area contributed by atoms with Crippen molar-refractivity contribution in [3.8, 4) is 16.9 Å². The van der Waals surface area contributed by atoms with Crippen LogP contribution in [0.4, 0.5) is 5.69 Å². The number of carbonyl (C=O) groups is 1. The second-order valence-corrected chi connectivity index (χ2v) is 8.59. The third-order valence-corrected chi connectivity index (χ3v) is 5.19. The predicted molar refractivity (Wildman–Crippen MR) is 123 cm³/mol. The minimum atomic E-state index is -0.0799. The number of hydrogen-bond donors (Lipinski definition) is 2. The molecule has 0 atom stereocenters. The molecule has 6 heteroatoms. The number of aromatic nitrogens is 3. The molecule has 2 aromatic heterocycles. The van der Waals surface area contributed by atoms with Crippen LogP contribution < -0.4 is 10.1 Å². The Morgan fingerprint density at radius 2 is 1.77 bits per heavy atom. The molecular weight excluding hydrogens is 388 g/mol. The second kappa shape index (κ2) is 8.22. The average Bonchev–Trinajstić information content (AvgIpc) is 3.22. The molecule has 0 bridgehead atoms. The number of rotatable bonds is 5. The fourth-order valence-corrected chi connectivity index (χ4v) is 3.42. The van der Waals surface area contributed by atoms with E-state index in [4.69, 9.17) is 9.72 Å². The highest BCUT2D eigenvalue weighted by Crippen LogP contribution is 2.32. The van der Waals surface area contributed by atoms with Gasteiger partial charge in [0.05, 0.1) is 19.7 Å². The van der Waals surface area contributed by atoms with Crippen molar-refractivity contribution in [1.82, 2.24) is 15.2 Å². The number of anilines is 1. The fourth-order valence-electron chi connectivity index (χ4n) is 3.42. The molecule has 6 nitrogen and oxygen atoms in total. The largest absolute Gasteiger partial charge is 0.497 e. The lowest BCUT2D eigenvalue weighted by atomic mass is 9.89. The van der Waals surface area contributed by atoms with Crippen LogP contribution in [0.3, 0.4) is 0 Å². The molecule has 0 saturated heterocycles. The zero-order chi connectivity index (χ0) is 22.0. The van der Waals surface area contributed by atoms with Crippen LogP contribution in [0.2, 0.25) is 0 Å². The Hall–Kier alpha value is -3.67. The number of nitrogens with one attached hydrogen (secondary N) is 2. The summed E-state index contributed by atoms with van der Waals surface area (Å²) >= 11 is 0. The molecule has 2 aromatic carbocycles. The average molecular weight is 415 g/mol. The summed E-state index contributed by atoms with van der Waals surface area (Å²) in [6.07, 6.45) is 2.11. The van der Waals surface area contributed by atoms with Crippen LogP contribution in [0.15, 0.2) is 60.8 Å². The third kappa shape index (κ3) is 4.58. The summed E-state index contributed by atoms with van der Waals surface area (Å²) in [7, 11) is 1.62. The highest BCUT2D eigenvalue weighted by molar-refractivity contribution is 5.95. The van der Waals surface area contributed by atoms with Gasteiger partial charge >= 0.3 is 0 Å². The Balaban J connectivity index is 1.53. The Kier molecular flexibility index (Phi) is 5.46. The van der Waals surface area contributed by atoms with Crippen LogP contribution in [0.5, 0.6) is 5.75 Å². The van der Waals surface area contributed by atoms with Gasteiger partial charge in [0.15, 0.2) is 5.65 Å². The minimum absolute atomic E-state index is 0.0610. The first-order valence-corrected chi connectivity index (χ1v) is 10.2. The van der Waals surface area contributed by atoms with Crippen LogP contribution >= 0.6 is 0 Å². The van der Waals surface area contributed by atoms with Gasteiger partial charge in [0.1, 0.15) is 5.75 Å². The zero-order valence-corrected chi connectivity index (χ0v) is 18.2. The van der Waals surface area contributed by atoms with E-state index in [0.29, 0.717) is 6.42 Å². The number of benzene rings is 2. The molecule has 0 radical (unpaired) electrons. The molecule has 0 aliphatic rings. The number of fused-ring (bicyclic) bond motifs is 1. The molecule has 2 N–H and O–H groups in total. The summed E-state index contributed by atoms with van der Waals surface area (Å²) in [5, 5.41) is 11.1. The number of methoxy groups -OCH3 is 1. The van der Waals surface area contributed by atoms with Crippen LogP contribution in [0, 0.1) is 0 Å². The van der Waals surface area contributed by atoms with E-state index in [-0.39, 0.29) is 11.3 Å². The van der Waals surface area contributed by atoms with Crippen LogP contribution in [-0.4, -0.2) is 28.2 Å². The van der Waals surface area contributed by atoms with E-state index in [1.165, 1.54) is 0 Å². The van der Waals surface area contributed by atoms with E-state index >= 15 is 0 Å². The van der Waals surface area contributed by atoms with Crippen LogP contribution in [0.25, 0.3) is 22.2 Å². The minimum Gasteiger partial charge on any atom is -0.497 e. The summed E-state index contributed by atoms with van der Waals surface area (Å²) in [6, 6.07) is 17.5. The van der Waals surface area contributed by atoms with Crippen molar-refractivity contribution in [2.24, 2.45) is 0 Å². The summed E-state index contributed by atoms with van der Waals surface area (Å²) in [6.45, 7) is 6.42. The van der Waals surface area contributed by atoms with Gasteiger partial charge in [0, 0.05) is 22.2 Å². The van der Waals surface area contributed by atoms with Gasteiger partial charge in [-0.15, -0.1) is 0 Å². The number of amides is 1. The number of pyridine rings is 1. The van der Waals surface area contributed by atoms with Crippen molar-refractivity contribution in [3.05, 3.63) is 72.1 Å². The Morgan fingerprint density at radius 1 is 1.06 bits per heavy atom. The number of ether oxygens (including phenoxy) is 1. The van der Waals surface area contributed by atoms with Gasteiger partial charge in [0.2, 0.25) is 5.91 Å². The third-order valence-electron chi connectivity index (χ3n) is 5.19. The maximum atomic E-state index is 12.4. The molecule has 0 saturated carbocycles. The van der Waals surface area contributed by atoms with Gasteiger partial charge < -0.3 is 10.1 Å². The van der Waals surface area contributed by atoms with E-state index in [1.54, 1.807) is 13.3 Å². The van der Waals surface area contributed by atoms with Gasteiger partial charge in [-0.05, 0) is 47.0 Å². The van der Waals surface area contributed by atoms with E-state index in [1.807, 2.05) is 48.5 Å². The number of H-pyrrole nitrogens is 1. The standard InChI is InChI=1S/C25H26N4O2/c1-25(2,3)22-14-20(21-15-26-29-24(21)28-22)17-7-9-18(10-8-17)27-23(30)13-16-5-11-19(31-4)12-6-16/h5-12,14-15H,13H2,1-4H3,(H,27,30)(H,26,28,29). The lowest BCUT2D eigenvalue weighted by Crippen LogP contribution is -2.14. The summed E-state index contributed by atoms with van der Waals surface area (Å²) in [5.41, 5.74) is 5.51. The summed E-state index contributed by atoms with van der Waals surface area (Å²) in [5.74, 6) is 0.714. The first-order valence-electron chi connectivity index (χ1n) is 10.2. The molecular formula is C25H26N4O2. The maximum absolute atomic E-state index is 12.4. The maximum Gasteiger partial charge on any atom is 0.228 e. The Bertz CT molecular complexity index is 1200. The van der Waals surface area contributed by atoms with Gasteiger partial charge in [0.25, 0.3) is 0 Å². The lowest BCUT2D eigenvalue weighted by molar-refractivity contribution is -0.115. The number of carbonyl (C=O) groups excluding carboxylic acids is 1. The van der Waals surface area contributed by atoms with Crippen molar-refractivity contribution < 1.29 is 9.53 Å². The van der Waals surface area contributed by atoms with Crippen LogP contribution in [0.1, 0.15) is 32.0 Å². The number of nitrogens with zero attached hydrogens (tertiary/aromatic N) is 2. The van der Waals surface area contributed by atoms with Gasteiger partial charge in [-0.1, -0.05) is 45.0 Å². The molecule has 1 amide bonds. The second-order valence-electron chi connectivity index (χ2n) is 8.59. The van der Waals surface area contributed by atoms with Crippen molar-refractivity contribution >= 4 is 22.6 Å². The molecule has 0 aliphatic carbocycles. The van der Waals surface area contributed by atoms with Gasteiger partial charge in [-0.2, -0.15) is 5.10 Å². The van der Waals surface area contributed by atoms with Crippen molar-refractivity contribution in [1.29, 1.82) is 0 Å². The van der Waals surface area contributed by atoms with E-state index in [2.05, 4.69) is 42.4 Å². The molecule has 158 valence electrons. The molecule has 0 aliphatic heterocycles. The van der Waals surface area contributed by atoms with Gasteiger partial charge in [-0.3, -0.25) is 9.89 Å². The molecule has 0 spiro atoms. The molecule has 31 heavy (non-hydrogen) atoms. The van der Waals surface area contributed by atoms with Gasteiger partial charge in [-0.25, -0.2) is 4.98 Å². The number of hydrogen-bond acceptors (Lipinski definition) is 4. The SMILES string of the molecule is COc1ccc(CC(=O)Nc2ccc(-c3cc(C(C)(C)C)nc4[nH]ncc34)cc2)cc1.